The third-order valence-electron chi connectivity index (χ3n) is 2.92. The minimum Gasteiger partial charge on any atom is -0.502 e. The summed E-state index contributed by atoms with van der Waals surface area (Å²) >= 11 is 0. The van der Waals surface area contributed by atoms with Crippen LogP contribution in [0.25, 0.3) is 0 Å². The first kappa shape index (κ1) is 12.1. The number of carbonyl (C=O) groups is 2. The number of carbonyl (C=O) groups excluding carboxylic acids is 2. The van der Waals surface area contributed by atoms with E-state index in [-0.39, 0.29) is 22.5 Å². The Balaban J connectivity index is 2.86. The van der Waals surface area contributed by atoms with Crippen molar-refractivity contribution in [1.29, 1.82) is 0 Å². The fourth-order valence-corrected chi connectivity index (χ4v) is 1.95. The third kappa shape index (κ3) is 1.38. The highest BCUT2D eigenvalue weighted by atomic mass is 16.5. The van der Waals surface area contributed by atoms with E-state index in [2.05, 4.69) is 0 Å². The third-order valence-corrected chi connectivity index (χ3v) is 2.92. The summed E-state index contributed by atoms with van der Waals surface area (Å²) in [4.78, 5) is 35.6. The van der Waals surface area contributed by atoms with Crippen molar-refractivity contribution in [2.75, 3.05) is 7.11 Å². The molecule has 0 saturated heterocycles. The summed E-state index contributed by atoms with van der Waals surface area (Å²) in [5, 5.41) is 9.72. The first-order valence-electron chi connectivity index (χ1n) is 5.17. The lowest BCUT2D eigenvalue weighted by molar-refractivity contribution is 0.0903. The van der Waals surface area contributed by atoms with Gasteiger partial charge in [-0.3, -0.25) is 14.4 Å². The highest BCUT2D eigenvalue weighted by Gasteiger charge is 2.34. The standard InChI is InChI=1S/C12H11NO5/c1-5-8(14)7-6(9(15)11(5)18-3)4-13(2)12(17)10(7)16/h4,16H,1-3H3. The van der Waals surface area contributed by atoms with Crippen molar-refractivity contribution in [2.24, 2.45) is 7.05 Å². The van der Waals surface area contributed by atoms with Gasteiger partial charge in [0.1, 0.15) is 0 Å². The van der Waals surface area contributed by atoms with Gasteiger partial charge < -0.3 is 14.4 Å². The van der Waals surface area contributed by atoms with Crippen molar-refractivity contribution < 1.29 is 19.4 Å². The Hall–Kier alpha value is -2.37. The monoisotopic (exact) mass is 249 g/mol. The molecule has 6 heteroatoms. The lowest BCUT2D eigenvalue weighted by atomic mass is 9.89. The van der Waals surface area contributed by atoms with Crippen molar-refractivity contribution in [1.82, 2.24) is 4.57 Å². The molecular formula is C12H11NO5. The van der Waals surface area contributed by atoms with Crippen LogP contribution < -0.4 is 5.56 Å². The van der Waals surface area contributed by atoms with Crippen LogP contribution in [0.5, 0.6) is 5.75 Å². The Morgan fingerprint density at radius 3 is 2.39 bits per heavy atom. The molecule has 6 nitrogen and oxygen atoms in total. The molecular weight excluding hydrogens is 238 g/mol. The van der Waals surface area contributed by atoms with E-state index >= 15 is 0 Å². The van der Waals surface area contributed by atoms with Gasteiger partial charge in [0.05, 0.1) is 18.2 Å². The fraction of sp³-hybridized carbons (Fsp3) is 0.250. The molecule has 0 amide bonds. The number of fused-ring (bicyclic) bond motifs is 1. The lowest BCUT2D eigenvalue weighted by Gasteiger charge is -2.19. The number of nitrogens with zero attached hydrogens (tertiary/aromatic N) is 1. The van der Waals surface area contributed by atoms with Gasteiger partial charge in [0.2, 0.25) is 5.78 Å². The van der Waals surface area contributed by atoms with Gasteiger partial charge in [-0.25, -0.2) is 0 Å². The molecule has 1 aliphatic rings. The molecule has 1 N–H and O–H groups in total. The van der Waals surface area contributed by atoms with E-state index in [1.165, 1.54) is 27.3 Å². The Labute approximate surface area is 102 Å². The molecule has 0 saturated carbocycles. The molecule has 0 fully saturated rings. The van der Waals surface area contributed by atoms with Crippen LogP contribution in [-0.4, -0.2) is 28.3 Å². The van der Waals surface area contributed by atoms with E-state index < -0.39 is 22.9 Å². The van der Waals surface area contributed by atoms with Crippen molar-refractivity contribution in [3.8, 4) is 5.75 Å². The zero-order valence-electron chi connectivity index (χ0n) is 10.1. The molecule has 94 valence electrons. The van der Waals surface area contributed by atoms with Gasteiger partial charge in [-0.2, -0.15) is 0 Å². The average Bonchev–Trinajstić information content (AvgIpc) is 2.34. The van der Waals surface area contributed by atoms with Gasteiger partial charge in [0.15, 0.2) is 17.3 Å². The van der Waals surface area contributed by atoms with Gasteiger partial charge in [0.25, 0.3) is 5.56 Å². The summed E-state index contributed by atoms with van der Waals surface area (Å²) in [6, 6.07) is 0. The molecule has 0 bridgehead atoms. The van der Waals surface area contributed by atoms with Crippen LogP contribution in [-0.2, 0) is 11.8 Å². The van der Waals surface area contributed by atoms with E-state index in [0.717, 1.165) is 4.57 Å². The van der Waals surface area contributed by atoms with Gasteiger partial charge in [0, 0.05) is 18.8 Å². The molecule has 0 unspecified atom stereocenters. The SMILES string of the molecule is COC1=C(C)C(=O)c2c(cn(C)c(=O)c2O)C1=O. The maximum absolute atomic E-state index is 12.1. The number of Topliss-reactive ketones (excluding diaryl/α,β-unsaturated/α-hetero) is 2. The van der Waals surface area contributed by atoms with Crippen LogP contribution in [0.1, 0.15) is 27.6 Å². The van der Waals surface area contributed by atoms with Gasteiger partial charge in [-0.1, -0.05) is 0 Å². The lowest BCUT2D eigenvalue weighted by Crippen LogP contribution is -2.28. The summed E-state index contributed by atoms with van der Waals surface area (Å²) < 4.78 is 5.94. The predicted molar refractivity (Wildman–Crippen MR) is 61.7 cm³/mol. The number of methoxy groups -OCH3 is 1. The largest absolute Gasteiger partial charge is 0.502 e. The quantitative estimate of drug-likeness (QED) is 0.778. The van der Waals surface area contributed by atoms with E-state index in [0.29, 0.717) is 0 Å². The summed E-state index contributed by atoms with van der Waals surface area (Å²) in [5.74, 6) is -1.86. The number of hydrogen-bond donors (Lipinski definition) is 1. The molecule has 1 heterocycles. The van der Waals surface area contributed by atoms with Crippen LogP contribution in [0.4, 0.5) is 0 Å². The molecule has 1 aromatic heterocycles. The smallest absolute Gasteiger partial charge is 0.293 e. The van der Waals surface area contributed by atoms with Gasteiger partial charge in [-0.05, 0) is 6.92 Å². The van der Waals surface area contributed by atoms with E-state index in [1.807, 2.05) is 0 Å². The topological polar surface area (TPSA) is 85.6 Å². The number of pyridine rings is 1. The minimum absolute atomic E-state index is 0.0259. The van der Waals surface area contributed by atoms with Crippen LogP contribution in [0.2, 0.25) is 0 Å². The Bertz CT molecular complexity index is 666. The number of allylic oxidation sites excluding steroid dienone is 2. The Morgan fingerprint density at radius 1 is 1.22 bits per heavy atom. The first-order valence-corrected chi connectivity index (χ1v) is 5.17. The summed E-state index contributed by atoms with van der Waals surface area (Å²) in [6.07, 6.45) is 1.23. The molecule has 2 rings (SSSR count). The predicted octanol–water partition coefficient (Wildman–Crippen LogP) is 0.390. The first-order chi connectivity index (χ1) is 8.40. The molecule has 0 atom stereocenters. The average molecular weight is 249 g/mol. The minimum atomic E-state index is -0.719. The zero-order valence-corrected chi connectivity index (χ0v) is 10.1. The summed E-state index contributed by atoms with van der Waals surface area (Å²) in [6.45, 7) is 1.42. The summed E-state index contributed by atoms with van der Waals surface area (Å²) in [5.41, 5.74) is -0.912. The van der Waals surface area contributed by atoms with E-state index in [1.54, 1.807) is 0 Å². The van der Waals surface area contributed by atoms with Crippen LogP contribution >= 0.6 is 0 Å². The molecule has 0 radical (unpaired) electrons. The molecule has 18 heavy (non-hydrogen) atoms. The number of hydrogen-bond acceptors (Lipinski definition) is 5. The van der Waals surface area contributed by atoms with E-state index in [9.17, 15) is 19.5 Å². The van der Waals surface area contributed by atoms with Gasteiger partial charge in [-0.15, -0.1) is 0 Å². The van der Waals surface area contributed by atoms with Crippen molar-refractivity contribution in [3.63, 3.8) is 0 Å². The molecule has 1 aliphatic carbocycles. The van der Waals surface area contributed by atoms with E-state index in [4.69, 9.17) is 4.74 Å². The van der Waals surface area contributed by atoms with Crippen molar-refractivity contribution in [3.05, 3.63) is 39.0 Å². The molecule has 0 aromatic carbocycles. The molecule has 0 spiro atoms. The number of aryl methyl sites for hydroxylation is 1. The second-order valence-corrected chi connectivity index (χ2v) is 4.00. The van der Waals surface area contributed by atoms with Crippen LogP contribution in [0.3, 0.4) is 0 Å². The van der Waals surface area contributed by atoms with Crippen molar-refractivity contribution in [2.45, 2.75) is 6.92 Å². The molecule has 0 aliphatic heterocycles. The highest BCUT2D eigenvalue weighted by Crippen LogP contribution is 2.29. The Morgan fingerprint density at radius 2 is 1.83 bits per heavy atom. The maximum Gasteiger partial charge on any atom is 0.293 e. The van der Waals surface area contributed by atoms with Crippen LogP contribution in [0, 0.1) is 0 Å². The zero-order chi connectivity index (χ0) is 13.6. The van der Waals surface area contributed by atoms with Crippen molar-refractivity contribution >= 4 is 11.6 Å². The van der Waals surface area contributed by atoms with Crippen LogP contribution in [0.15, 0.2) is 22.3 Å². The number of ketones is 2. The normalized spacial score (nSPS) is 14.8. The molecule has 1 aromatic rings. The number of ether oxygens (including phenoxy) is 1. The van der Waals surface area contributed by atoms with Gasteiger partial charge >= 0.3 is 0 Å². The second-order valence-electron chi connectivity index (χ2n) is 4.00. The second kappa shape index (κ2) is 3.83. The number of aromatic hydroxyl groups is 1. The fourth-order valence-electron chi connectivity index (χ4n) is 1.95. The number of aromatic nitrogens is 1. The summed E-state index contributed by atoms with van der Waals surface area (Å²) in [7, 11) is 2.68. The highest BCUT2D eigenvalue weighted by molar-refractivity contribution is 6.26. The number of rotatable bonds is 1. The Kier molecular flexibility index (Phi) is 2.58. The maximum atomic E-state index is 12.1.